The Morgan fingerprint density at radius 2 is 1.90 bits per heavy atom. The van der Waals surface area contributed by atoms with Crippen LogP contribution in [0.1, 0.15) is 26.7 Å². The Balaban J connectivity index is 2.03. The summed E-state index contributed by atoms with van der Waals surface area (Å²) in [5.41, 5.74) is 0. The third-order valence-corrected chi connectivity index (χ3v) is 4.36. The Morgan fingerprint density at radius 1 is 1.19 bits per heavy atom. The number of hydrogen-bond acceptors (Lipinski definition) is 2. The number of benzene rings is 2. The molecule has 0 aliphatic carbocycles. The minimum Gasteiger partial charge on any atom is -0.483 e. The second-order valence-electron chi connectivity index (χ2n) is 4.97. The van der Waals surface area contributed by atoms with Gasteiger partial charge in [0, 0.05) is 6.04 Å². The first-order valence-corrected chi connectivity index (χ1v) is 8.04. The number of ether oxygens (including phenoxy) is 1. The Labute approximate surface area is 133 Å². The molecular formula is C17H20BrNO2. The molecule has 2 aromatic carbocycles. The number of halogens is 1. The normalized spacial score (nSPS) is 10.9. The minimum atomic E-state index is -0.0799. The highest BCUT2D eigenvalue weighted by Gasteiger charge is 2.11. The van der Waals surface area contributed by atoms with Gasteiger partial charge in [-0.05, 0) is 45.6 Å². The highest BCUT2D eigenvalue weighted by atomic mass is 79.9. The highest BCUT2D eigenvalue weighted by molar-refractivity contribution is 9.10. The lowest BCUT2D eigenvalue weighted by Crippen LogP contribution is -2.37. The summed E-state index contributed by atoms with van der Waals surface area (Å²) < 4.78 is 6.52. The van der Waals surface area contributed by atoms with Crippen LogP contribution in [0.15, 0.2) is 40.9 Å². The van der Waals surface area contributed by atoms with Crippen LogP contribution in [-0.4, -0.2) is 18.6 Å². The third kappa shape index (κ3) is 3.97. The van der Waals surface area contributed by atoms with Crippen LogP contribution in [0.25, 0.3) is 10.8 Å². The fourth-order valence-electron chi connectivity index (χ4n) is 2.23. The molecule has 0 aliphatic rings. The SMILES string of the molecule is CCC(CC)NC(=O)COc1ccc2ccccc2c1Br. The first-order chi connectivity index (χ1) is 10.2. The molecule has 0 heterocycles. The molecule has 0 aromatic heterocycles. The second-order valence-corrected chi connectivity index (χ2v) is 5.76. The topological polar surface area (TPSA) is 38.3 Å². The minimum absolute atomic E-state index is 0.0352. The molecule has 0 fully saturated rings. The zero-order valence-electron chi connectivity index (χ0n) is 12.4. The van der Waals surface area contributed by atoms with Crippen molar-refractivity contribution in [3.8, 4) is 5.75 Å². The van der Waals surface area contributed by atoms with Gasteiger partial charge >= 0.3 is 0 Å². The first kappa shape index (κ1) is 15.8. The molecule has 21 heavy (non-hydrogen) atoms. The van der Waals surface area contributed by atoms with Crippen LogP contribution in [0.5, 0.6) is 5.75 Å². The van der Waals surface area contributed by atoms with Gasteiger partial charge < -0.3 is 10.1 Å². The van der Waals surface area contributed by atoms with E-state index in [0.717, 1.165) is 28.1 Å². The summed E-state index contributed by atoms with van der Waals surface area (Å²) >= 11 is 3.55. The molecule has 0 aliphatic heterocycles. The predicted octanol–water partition coefficient (Wildman–Crippen LogP) is 4.29. The van der Waals surface area contributed by atoms with Crippen molar-refractivity contribution in [3.05, 3.63) is 40.9 Å². The zero-order chi connectivity index (χ0) is 15.2. The van der Waals surface area contributed by atoms with Crippen LogP contribution in [0.4, 0.5) is 0 Å². The number of carbonyl (C=O) groups excluding carboxylic acids is 1. The fraction of sp³-hybridized carbons (Fsp3) is 0.353. The summed E-state index contributed by atoms with van der Waals surface area (Å²) in [6.07, 6.45) is 1.86. The Morgan fingerprint density at radius 3 is 2.62 bits per heavy atom. The summed E-state index contributed by atoms with van der Waals surface area (Å²) in [6.45, 7) is 4.16. The maximum absolute atomic E-state index is 11.9. The van der Waals surface area contributed by atoms with Crippen molar-refractivity contribution >= 4 is 32.6 Å². The lowest BCUT2D eigenvalue weighted by atomic mass is 10.1. The molecule has 0 saturated carbocycles. The average Bonchev–Trinajstić information content (AvgIpc) is 2.52. The molecule has 4 heteroatoms. The van der Waals surface area contributed by atoms with Crippen molar-refractivity contribution in [3.63, 3.8) is 0 Å². The molecule has 0 radical (unpaired) electrons. The van der Waals surface area contributed by atoms with E-state index >= 15 is 0 Å². The van der Waals surface area contributed by atoms with Gasteiger partial charge in [-0.15, -0.1) is 0 Å². The number of carbonyl (C=O) groups is 1. The molecule has 3 nitrogen and oxygen atoms in total. The first-order valence-electron chi connectivity index (χ1n) is 7.25. The molecule has 0 saturated heterocycles. The van der Waals surface area contributed by atoms with Crippen LogP contribution in [-0.2, 0) is 4.79 Å². The molecule has 112 valence electrons. The van der Waals surface area contributed by atoms with Gasteiger partial charge in [0.1, 0.15) is 5.75 Å². The van der Waals surface area contributed by atoms with Crippen LogP contribution in [0, 0.1) is 0 Å². The fourth-order valence-corrected chi connectivity index (χ4v) is 2.84. The van der Waals surface area contributed by atoms with Gasteiger partial charge in [-0.3, -0.25) is 4.79 Å². The van der Waals surface area contributed by atoms with Crippen molar-refractivity contribution in [1.82, 2.24) is 5.32 Å². The van der Waals surface area contributed by atoms with Gasteiger partial charge in [-0.25, -0.2) is 0 Å². The summed E-state index contributed by atoms with van der Waals surface area (Å²) in [4.78, 5) is 11.9. The number of hydrogen-bond donors (Lipinski definition) is 1. The maximum Gasteiger partial charge on any atom is 0.258 e. The summed E-state index contributed by atoms with van der Waals surface area (Å²) in [5, 5.41) is 5.18. The van der Waals surface area contributed by atoms with E-state index in [4.69, 9.17) is 4.74 Å². The van der Waals surface area contributed by atoms with E-state index in [2.05, 4.69) is 35.1 Å². The Bertz CT molecular complexity index is 623. The summed E-state index contributed by atoms with van der Waals surface area (Å²) in [5.74, 6) is 0.608. The van der Waals surface area contributed by atoms with Gasteiger partial charge in [0.2, 0.25) is 0 Å². The Hall–Kier alpha value is -1.55. The average molecular weight is 350 g/mol. The number of nitrogens with one attached hydrogen (secondary N) is 1. The van der Waals surface area contributed by atoms with Gasteiger partial charge in [0.05, 0.1) is 4.47 Å². The Kier molecular flexibility index (Phi) is 5.62. The van der Waals surface area contributed by atoms with E-state index in [0.29, 0.717) is 5.75 Å². The van der Waals surface area contributed by atoms with Crippen molar-refractivity contribution in [2.75, 3.05) is 6.61 Å². The number of fused-ring (bicyclic) bond motifs is 1. The van der Waals surface area contributed by atoms with E-state index in [-0.39, 0.29) is 18.6 Å². The van der Waals surface area contributed by atoms with E-state index in [1.165, 1.54) is 0 Å². The van der Waals surface area contributed by atoms with Crippen molar-refractivity contribution in [2.45, 2.75) is 32.7 Å². The number of rotatable bonds is 6. The molecule has 0 spiro atoms. The van der Waals surface area contributed by atoms with Crippen molar-refractivity contribution < 1.29 is 9.53 Å². The summed E-state index contributed by atoms with van der Waals surface area (Å²) in [7, 11) is 0. The maximum atomic E-state index is 11.9. The molecule has 2 aromatic rings. The van der Waals surface area contributed by atoms with Gasteiger partial charge in [-0.1, -0.05) is 44.2 Å². The molecule has 1 N–H and O–H groups in total. The van der Waals surface area contributed by atoms with Crippen molar-refractivity contribution in [1.29, 1.82) is 0 Å². The van der Waals surface area contributed by atoms with Crippen LogP contribution < -0.4 is 10.1 Å². The molecule has 0 atom stereocenters. The quantitative estimate of drug-likeness (QED) is 0.844. The lowest BCUT2D eigenvalue weighted by molar-refractivity contribution is -0.123. The summed E-state index contributed by atoms with van der Waals surface area (Å²) in [6, 6.07) is 12.2. The molecule has 0 bridgehead atoms. The monoisotopic (exact) mass is 349 g/mol. The van der Waals surface area contributed by atoms with E-state index in [9.17, 15) is 4.79 Å². The van der Waals surface area contributed by atoms with Gasteiger partial charge in [0.25, 0.3) is 5.91 Å². The highest BCUT2D eigenvalue weighted by Crippen LogP contribution is 2.32. The van der Waals surface area contributed by atoms with Gasteiger partial charge in [0.15, 0.2) is 6.61 Å². The van der Waals surface area contributed by atoms with Crippen LogP contribution >= 0.6 is 15.9 Å². The van der Waals surface area contributed by atoms with Crippen molar-refractivity contribution in [2.24, 2.45) is 0 Å². The predicted molar refractivity (Wildman–Crippen MR) is 89.7 cm³/mol. The largest absolute Gasteiger partial charge is 0.483 e. The van der Waals surface area contributed by atoms with Crippen LogP contribution in [0.2, 0.25) is 0 Å². The van der Waals surface area contributed by atoms with E-state index in [1.807, 2.05) is 36.4 Å². The lowest BCUT2D eigenvalue weighted by Gasteiger charge is -2.15. The smallest absolute Gasteiger partial charge is 0.258 e. The van der Waals surface area contributed by atoms with E-state index in [1.54, 1.807) is 0 Å². The molecular weight excluding hydrogens is 330 g/mol. The number of amides is 1. The molecule has 0 unspecified atom stereocenters. The molecule has 1 amide bonds. The van der Waals surface area contributed by atoms with E-state index < -0.39 is 0 Å². The van der Waals surface area contributed by atoms with Crippen LogP contribution in [0.3, 0.4) is 0 Å². The third-order valence-electron chi connectivity index (χ3n) is 3.54. The zero-order valence-corrected chi connectivity index (χ0v) is 13.9. The second kappa shape index (κ2) is 7.46. The standard InChI is InChI=1S/C17H20BrNO2/c1-3-13(4-2)19-16(20)11-21-15-10-9-12-7-5-6-8-14(12)17(15)18/h5-10,13H,3-4,11H2,1-2H3,(H,19,20). The van der Waals surface area contributed by atoms with Gasteiger partial charge in [-0.2, -0.15) is 0 Å². The molecule has 2 rings (SSSR count).